The van der Waals surface area contributed by atoms with E-state index in [-0.39, 0.29) is 12.1 Å². The Balaban J connectivity index is 2.18. The minimum absolute atomic E-state index is 0.0145. The molecule has 3 nitrogen and oxygen atoms in total. The van der Waals surface area contributed by atoms with Crippen LogP contribution in [0.1, 0.15) is 47.0 Å². The molecule has 0 saturated heterocycles. The maximum absolute atomic E-state index is 11.3. The third-order valence-electron chi connectivity index (χ3n) is 2.87. The summed E-state index contributed by atoms with van der Waals surface area (Å²) in [6.07, 6.45) is 3.55. The summed E-state index contributed by atoms with van der Waals surface area (Å²) >= 11 is 0. The van der Waals surface area contributed by atoms with Crippen molar-refractivity contribution in [2.24, 2.45) is 5.41 Å². The Labute approximate surface area is 92.6 Å². The second-order valence-electron chi connectivity index (χ2n) is 5.52. The summed E-state index contributed by atoms with van der Waals surface area (Å²) in [4.78, 5) is 11.3. The van der Waals surface area contributed by atoms with E-state index >= 15 is 0 Å². The van der Waals surface area contributed by atoms with Crippen molar-refractivity contribution in [3.63, 3.8) is 0 Å². The number of hydrogen-bond acceptors (Lipinski definition) is 3. The van der Waals surface area contributed by atoms with E-state index in [0.717, 1.165) is 6.42 Å². The zero-order chi connectivity index (χ0) is 11.5. The molecule has 88 valence electrons. The Morgan fingerprint density at radius 1 is 1.53 bits per heavy atom. The summed E-state index contributed by atoms with van der Waals surface area (Å²) < 4.78 is 5.06. The molecule has 0 aliphatic heterocycles. The fourth-order valence-electron chi connectivity index (χ4n) is 2.14. The fraction of sp³-hybridized carbons (Fsp3) is 0.917. The lowest BCUT2D eigenvalue weighted by Gasteiger charge is -2.17. The fourth-order valence-corrected chi connectivity index (χ4v) is 2.14. The molecule has 1 aliphatic rings. The van der Waals surface area contributed by atoms with Gasteiger partial charge in [0.05, 0.1) is 12.6 Å². The molecular formula is C12H23NO2. The third kappa shape index (κ3) is 4.65. The number of ether oxygens (including phenoxy) is 1. The Kier molecular flexibility index (Phi) is 4.14. The van der Waals surface area contributed by atoms with E-state index in [1.54, 1.807) is 0 Å². The summed E-state index contributed by atoms with van der Waals surface area (Å²) in [7, 11) is 0. The minimum Gasteiger partial charge on any atom is -0.462 e. The number of carbonyl (C=O) groups excluding carboxylic acids is 1. The zero-order valence-electron chi connectivity index (χ0n) is 10.3. The van der Waals surface area contributed by atoms with Gasteiger partial charge >= 0.3 is 5.97 Å². The van der Waals surface area contributed by atoms with Crippen molar-refractivity contribution in [1.29, 1.82) is 0 Å². The lowest BCUT2D eigenvalue weighted by molar-refractivity contribution is -0.146. The van der Waals surface area contributed by atoms with Crippen molar-refractivity contribution in [2.45, 2.75) is 59.1 Å². The summed E-state index contributed by atoms with van der Waals surface area (Å²) in [5.41, 5.74) is 0.430. The summed E-state index contributed by atoms with van der Waals surface area (Å²) in [5.74, 6) is -0.144. The van der Waals surface area contributed by atoms with Gasteiger partial charge in [-0.2, -0.15) is 0 Å². The van der Waals surface area contributed by atoms with E-state index < -0.39 is 0 Å². The van der Waals surface area contributed by atoms with E-state index in [1.165, 1.54) is 12.8 Å². The van der Waals surface area contributed by atoms with Gasteiger partial charge in [0.15, 0.2) is 0 Å². The van der Waals surface area contributed by atoms with Crippen LogP contribution in [0.4, 0.5) is 0 Å². The van der Waals surface area contributed by atoms with Crippen LogP contribution >= 0.6 is 0 Å². The molecule has 0 amide bonds. The van der Waals surface area contributed by atoms with Crippen LogP contribution in [-0.4, -0.2) is 24.7 Å². The number of nitrogens with one attached hydrogen (secondary N) is 1. The monoisotopic (exact) mass is 213 g/mol. The summed E-state index contributed by atoms with van der Waals surface area (Å²) in [5, 5.41) is 3.27. The number of carbonyl (C=O) groups is 1. The molecule has 0 bridgehead atoms. The van der Waals surface area contributed by atoms with E-state index in [1.807, 2.05) is 13.8 Å². The maximum Gasteiger partial charge on any atom is 0.320 e. The smallest absolute Gasteiger partial charge is 0.320 e. The molecule has 0 radical (unpaired) electrons. The molecule has 1 N–H and O–H groups in total. The van der Waals surface area contributed by atoms with Crippen LogP contribution in [0.15, 0.2) is 0 Å². The highest BCUT2D eigenvalue weighted by Crippen LogP contribution is 2.36. The molecule has 0 aromatic heterocycles. The molecule has 1 atom stereocenters. The van der Waals surface area contributed by atoms with Gasteiger partial charge in [-0.1, -0.05) is 13.8 Å². The van der Waals surface area contributed by atoms with Crippen molar-refractivity contribution < 1.29 is 9.53 Å². The first-order valence-corrected chi connectivity index (χ1v) is 5.82. The standard InChI is InChI=1S/C12H23NO2/c1-9(2)15-11(14)8-13-10-5-6-12(3,4)7-10/h9-10,13H,5-8H2,1-4H3. The lowest BCUT2D eigenvalue weighted by Crippen LogP contribution is -2.34. The highest BCUT2D eigenvalue weighted by Gasteiger charge is 2.30. The van der Waals surface area contributed by atoms with Gasteiger partial charge in [-0.3, -0.25) is 4.79 Å². The molecule has 1 aliphatic carbocycles. The lowest BCUT2D eigenvalue weighted by atomic mass is 9.92. The summed E-state index contributed by atoms with van der Waals surface area (Å²) in [6.45, 7) is 8.65. The first kappa shape index (κ1) is 12.5. The molecule has 0 heterocycles. The van der Waals surface area contributed by atoms with Gasteiger partial charge in [0.1, 0.15) is 0 Å². The molecule has 3 heteroatoms. The predicted octanol–water partition coefficient (Wildman–Crippen LogP) is 2.11. The number of rotatable bonds is 4. The molecule has 0 aromatic rings. The van der Waals surface area contributed by atoms with Crippen LogP contribution in [0.2, 0.25) is 0 Å². The molecular weight excluding hydrogens is 190 g/mol. The molecule has 15 heavy (non-hydrogen) atoms. The first-order valence-electron chi connectivity index (χ1n) is 5.82. The Morgan fingerprint density at radius 3 is 2.67 bits per heavy atom. The topological polar surface area (TPSA) is 38.3 Å². The largest absolute Gasteiger partial charge is 0.462 e. The van der Waals surface area contributed by atoms with Crippen molar-refractivity contribution >= 4 is 5.97 Å². The average molecular weight is 213 g/mol. The van der Waals surface area contributed by atoms with E-state index in [4.69, 9.17) is 4.74 Å². The van der Waals surface area contributed by atoms with Gasteiger partial charge < -0.3 is 10.1 Å². The van der Waals surface area contributed by atoms with Crippen LogP contribution in [-0.2, 0) is 9.53 Å². The first-order chi connectivity index (χ1) is 6.89. The third-order valence-corrected chi connectivity index (χ3v) is 2.87. The van der Waals surface area contributed by atoms with Gasteiger partial charge in [0.25, 0.3) is 0 Å². The molecule has 1 rings (SSSR count). The second kappa shape index (κ2) is 4.97. The van der Waals surface area contributed by atoms with Crippen molar-refractivity contribution in [2.75, 3.05) is 6.54 Å². The van der Waals surface area contributed by atoms with Crippen LogP contribution in [0.5, 0.6) is 0 Å². The zero-order valence-corrected chi connectivity index (χ0v) is 10.3. The molecule has 1 unspecified atom stereocenters. The van der Waals surface area contributed by atoms with E-state index in [2.05, 4.69) is 19.2 Å². The Bertz CT molecular complexity index is 224. The minimum atomic E-state index is -0.144. The van der Waals surface area contributed by atoms with Gasteiger partial charge in [0.2, 0.25) is 0 Å². The maximum atomic E-state index is 11.3. The quantitative estimate of drug-likeness (QED) is 0.727. The van der Waals surface area contributed by atoms with Gasteiger partial charge in [-0.05, 0) is 38.5 Å². The molecule has 0 aromatic carbocycles. The van der Waals surface area contributed by atoms with Crippen LogP contribution in [0.25, 0.3) is 0 Å². The molecule has 1 saturated carbocycles. The normalized spacial score (nSPS) is 24.5. The van der Waals surface area contributed by atoms with Crippen LogP contribution in [0, 0.1) is 5.41 Å². The van der Waals surface area contributed by atoms with E-state index in [9.17, 15) is 4.79 Å². The van der Waals surface area contributed by atoms with Crippen molar-refractivity contribution in [1.82, 2.24) is 5.32 Å². The molecule has 0 spiro atoms. The highest BCUT2D eigenvalue weighted by molar-refractivity contribution is 5.71. The Morgan fingerprint density at radius 2 is 2.20 bits per heavy atom. The SMILES string of the molecule is CC(C)OC(=O)CNC1CCC(C)(C)C1. The molecule has 1 fully saturated rings. The van der Waals surface area contributed by atoms with Crippen molar-refractivity contribution in [3.05, 3.63) is 0 Å². The van der Waals surface area contributed by atoms with Crippen LogP contribution in [0.3, 0.4) is 0 Å². The number of esters is 1. The average Bonchev–Trinajstić information content (AvgIpc) is 2.41. The second-order valence-corrected chi connectivity index (χ2v) is 5.52. The summed E-state index contributed by atoms with van der Waals surface area (Å²) in [6, 6.07) is 0.486. The van der Waals surface area contributed by atoms with Gasteiger partial charge in [0, 0.05) is 6.04 Å². The van der Waals surface area contributed by atoms with Crippen LogP contribution < -0.4 is 5.32 Å². The van der Waals surface area contributed by atoms with Gasteiger partial charge in [-0.25, -0.2) is 0 Å². The predicted molar refractivity (Wildman–Crippen MR) is 60.7 cm³/mol. The number of hydrogen-bond donors (Lipinski definition) is 1. The Hall–Kier alpha value is -0.570. The highest BCUT2D eigenvalue weighted by atomic mass is 16.5. The van der Waals surface area contributed by atoms with E-state index in [0.29, 0.717) is 18.0 Å². The van der Waals surface area contributed by atoms with Crippen molar-refractivity contribution in [3.8, 4) is 0 Å². The van der Waals surface area contributed by atoms with Gasteiger partial charge in [-0.15, -0.1) is 0 Å².